The summed E-state index contributed by atoms with van der Waals surface area (Å²) in [5.74, 6) is -0.328. The molecule has 0 unspecified atom stereocenters. The van der Waals surface area contributed by atoms with Crippen LogP contribution in [0.1, 0.15) is 37.0 Å². The van der Waals surface area contributed by atoms with Crippen LogP contribution in [0.15, 0.2) is 52.2 Å². The number of nitrogens with one attached hydrogen (secondary N) is 2. The van der Waals surface area contributed by atoms with Crippen LogP contribution in [0.2, 0.25) is 0 Å². The minimum atomic E-state index is -3.93. The number of carbonyl (C=O) groups excluding carboxylic acids is 1. The van der Waals surface area contributed by atoms with Crippen molar-refractivity contribution in [3.63, 3.8) is 0 Å². The van der Waals surface area contributed by atoms with Crippen molar-refractivity contribution in [2.75, 3.05) is 11.3 Å². The van der Waals surface area contributed by atoms with Crippen LogP contribution in [0.3, 0.4) is 0 Å². The molecule has 0 aliphatic carbocycles. The van der Waals surface area contributed by atoms with E-state index in [1.165, 1.54) is 12.1 Å². The molecule has 7 nitrogen and oxygen atoms in total. The topological polar surface area (TPSA) is 97.3 Å². The maximum Gasteiger partial charge on any atom is 0.308 e. The van der Waals surface area contributed by atoms with Crippen molar-refractivity contribution in [1.82, 2.24) is 9.88 Å². The Kier molecular flexibility index (Phi) is 6.39. The molecule has 9 heteroatoms. The van der Waals surface area contributed by atoms with Gasteiger partial charge in [0.1, 0.15) is 0 Å². The van der Waals surface area contributed by atoms with Gasteiger partial charge in [-0.05, 0) is 43.7 Å². The van der Waals surface area contributed by atoms with Gasteiger partial charge in [-0.15, -0.1) is 0 Å². The van der Waals surface area contributed by atoms with Crippen LogP contribution in [0.5, 0.6) is 0 Å². The molecule has 0 aliphatic heterocycles. The Balaban J connectivity index is 1.91. The number of hydrogen-bond acceptors (Lipinski definition) is 5. The summed E-state index contributed by atoms with van der Waals surface area (Å²) in [6.07, 6.45) is 1.79. The van der Waals surface area contributed by atoms with Gasteiger partial charge in [0.25, 0.3) is 15.9 Å². The molecule has 0 bridgehead atoms. The molecule has 0 saturated heterocycles. The lowest BCUT2D eigenvalue weighted by molar-refractivity contribution is 0.0954. The Morgan fingerprint density at radius 3 is 2.62 bits per heavy atom. The molecular formula is C20H23N3O4S2. The standard InChI is InChI=1S/C20H23N3O4S2/c1-3-5-12-21-19(24)15-8-6-7-9-16(15)22-29(26,27)14-10-11-17-18(13-14)28-20(25)23(17)4-2/h6-11,13,22H,3-5,12H2,1-2H3,(H,21,24). The summed E-state index contributed by atoms with van der Waals surface area (Å²) in [6, 6.07) is 11.1. The summed E-state index contributed by atoms with van der Waals surface area (Å²) < 4.78 is 30.5. The van der Waals surface area contributed by atoms with E-state index in [0.29, 0.717) is 23.3 Å². The van der Waals surface area contributed by atoms with Crippen molar-refractivity contribution in [2.45, 2.75) is 38.1 Å². The third-order valence-corrected chi connectivity index (χ3v) is 6.80. The average Bonchev–Trinajstić information content (AvgIpc) is 3.02. The molecule has 0 atom stereocenters. The Bertz CT molecular complexity index is 1200. The van der Waals surface area contributed by atoms with Gasteiger partial charge in [0.15, 0.2) is 0 Å². The van der Waals surface area contributed by atoms with E-state index in [4.69, 9.17) is 0 Å². The van der Waals surface area contributed by atoms with E-state index < -0.39 is 10.0 Å². The van der Waals surface area contributed by atoms with E-state index >= 15 is 0 Å². The first-order valence-corrected chi connectivity index (χ1v) is 11.7. The second kappa shape index (κ2) is 8.79. The fourth-order valence-electron chi connectivity index (χ4n) is 2.96. The first kappa shape index (κ1) is 21.1. The molecule has 29 heavy (non-hydrogen) atoms. The van der Waals surface area contributed by atoms with Gasteiger partial charge in [-0.2, -0.15) is 0 Å². The van der Waals surface area contributed by atoms with Crippen molar-refractivity contribution in [3.05, 3.63) is 57.7 Å². The Hall–Kier alpha value is -2.65. The number of fused-ring (bicyclic) bond motifs is 1. The van der Waals surface area contributed by atoms with Crippen molar-refractivity contribution in [2.24, 2.45) is 0 Å². The summed E-state index contributed by atoms with van der Waals surface area (Å²) >= 11 is 1.01. The van der Waals surface area contributed by atoms with Crippen LogP contribution in [0.4, 0.5) is 5.69 Å². The number of nitrogens with zero attached hydrogens (tertiary/aromatic N) is 1. The number of benzene rings is 2. The van der Waals surface area contributed by atoms with Crippen LogP contribution in [0.25, 0.3) is 10.2 Å². The van der Waals surface area contributed by atoms with E-state index in [1.807, 2.05) is 13.8 Å². The van der Waals surface area contributed by atoms with Crippen LogP contribution in [-0.2, 0) is 16.6 Å². The summed E-state index contributed by atoms with van der Waals surface area (Å²) in [4.78, 5) is 24.4. The monoisotopic (exact) mass is 433 g/mol. The minimum absolute atomic E-state index is 0.0377. The highest BCUT2D eigenvalue weighted by Crippen LogP contribution is 2.25. The van der Waals surface area contributed by atoms with Crippen LogP contribution >= 0.6 is 11.3 Å². The highest BCUT2D eigenvalue weighted by atomic mass is 32.2. The van der Waals surface area contributed by atoms with Gasteiger partial charge in [0, 0.05) is 13.1 Å². The number of amides is 1. The summed E-state index contributed by atoms with van der Waals surface area (Å²) in [6.45, 7) is 4.93. The lowest BCUT2D eigenvalue weighted by atomic mass is 10.1. The third-order valence-electron chi connectivity index (χ3n) is 4.50. The van der Waals surface area contributed by atoms with Gasteiger partial charge in [-0.25, -0.2) is 8.42 Å². The van der Waals surface area contributed by atoms with Gasteiger partial charge in [0.2, 0.25) is 0 Å². The molecule has 0 radical (unpaired) electrons. The number of aryl methyl sites for hydroxylation is 1. The lowest BCUT2D eigenvalue weighted by Gasteiger charge is -2.13. The first-order valence-electron chi connectivity index (χ1n) is 9.40. The number of carbonyl (C=O) groups is 1. The largest absolute Gasteiger partial charge is 0.352 e. The number of para-hydroxylation sites is 1. The third kappa shape index (κ3) is 4.51. The summed E-state index contributed by atoms with van der Waals surface area (Å²) in [5, 5.41) is 2.80. The molecule has 154 valence electrons. The summed E-state index contributed by atoms with van der Waals surface area (Å²) in [7, 11) is -3.93. The second-order valence-corrected chi connectivity index (χ2v) is 9.18. The number of sulfonamides is 1. The zero-order valence-corrected chi connectivity index (χ0v) is 17.9. The SMILES string of the molecule is CCCCNC(=O)c1ccccc1NS(=O)(=O)c1ccc2c(c1)sc(=O)n2CC. The second-order valence-electron chi connectivity index (χ2n) is 6.50. The van der Waals surface area contributed by atoms with Crippen LogP contribution in [0, 0.1) is 0 Å². The normalized spacial score (nSPS) is 11.5. The van der Waals surface area contributed by atoms with Crippen LogP contribution < -0.4 is 14.9 Å². The van der Waals surface area contributed by atoms with E-state index in [-0.39, 0.29) is 26.9 Å². The van der Waals surface area contributed by atoms with Gasteiger partial charge >= 0.3 is 4.87 Å². The van der Waals surface area contributed by atoms with Gasteiger partial charge in [0.05, 0.1) is 26.4 Å². The molecule has 1 heterocycles. The smallest absolute Gasteiger partial charge is 0.308 e. The van der Waals surface area contributed by atoms with E-state index in [0.717, 1.165) is 24.2 Å². The highest BCUT2D eigenvalue weighted by molar-refractivity contribution is 7.92. The quantitative estimate of drug-likeness (QED) is 0.532. The van der Waals surface area contributed by atoms with Gasteiger partial charge < -0.3 is 5.32 Å². The maximum absolute atomic E-state index is 12.9. The molecule has 0 fully saturated rings. The highest BCUT2D eigenvalue weighted by Gasteiger charge is 2.20. The minimum Gasteiger partial charge on any atom is -0.352 e. The average molecular weight is 434 g/mol. The molecule has 2 N–H and O–H groups in total. The lowest BCUT2D eigenvalue weighted by Crippen LogP contribution is -2.26. The van der Waals surface area contributed by atoms with Gasteiger partial charge in [-0.3, -0.25) is 18.9 Å². The molecule has 2 aromatic carbocycles. The predicted molar refractivity (Wildman–Crippen MR) is 116 cm³/mol. The molecule has 0 aliphatic rings. The van der Waals surface area contributed by atoms with Gasteiger partial charge in [-0.1, -0.05) is 36.8 Å². The Morgan fingerprint density at radius 2 is 1.90 bits per heavy atom. The Morgan fingerprint density at radius 1 is 1.14 bits per heavy atom. The maximum atomic E-state index is 12.9. The molecule has 0 spiro atoms. The van der Waals surface area contributed by atoms with Crippen molar-refractivity contribution >= 4 is 43.2 Å². The first-order chi connectivity index (χ1) is 13.9. The zero-order valence-electron chi connectivity index (χ0n) is 16.3. The molecule has 0 saturated carbocycles. The van der Waals surface area contributed by atoms with Crippen molar-refractivity contribution < 1.29 is 13.2 Å². The number of rotatable bonds is 8. The van der Waals surface area contributed by atoms with Crippen molar-refractivity contribution in [1.29, 1.82) is 0 Å². The predicted octanol–water partition coefficient (Wildman–Crippen LogP) is 3.41. The fourth-order valence-corrected chi connectivity index (χ4v) is 5.14. The van der Waals surface area contributed by atoms with E-state index in [9.17, 15) is 18.0 Å². The zero-order chi connectivity index (χ0) is 21.0. The number of thiazole rings is 1. The Labute approximate surface area is 173 Å². The molecule has 1 amide bonds. The molecular weight excluding hydrogens is 410 g/mol. The molecule has 1 aromatic heterocycles. The van der Waals surface area contributed by atoms with E-state index in [2.05, 4.69) is 10.0 Å². The van der Waals surface area contributed by atoms with E-state index in [1.54, 1.807) is 34.9 Å². The fraction of sp³-hybridized carbons (Fsp3) is 0.300. The van der Waals surface area contributed by atoms with Crippen molar-refractivity contribution in [3.8, 4) is 0 Å². The number of aromatic nitrogens is 1. The summed E-state index contributed by atoms with van der Waals surface area (Å²) in [5.41, 5.74) is 1.17. The molecule has 3 rings (SSSR count). The van der Waals surface area contributed by atoms with Crippen LogP contribution in [-0.4, -0.2) is 25.4 Å². The molecule has 3 aromatic rings. The number of unbranched alkanes of at least 4 members (excludes halogenated alkanes) is 1. The number of anilines is 1. The number of hydrogen-bond donors (Lipinski definition) is 2.